The van der Waals surface area contributed by atoms with E-state index in [0.717, 1.165) is 6.26 Å². The number of nitrogens with zero attached hydrogens (tertiary/aromatic N) is 2. The number of hydrogen-bond donors (Lipinski definition) is 2. The molecular weight excluding hydrogens is 308 g/mol. The Labute approximate surface area is 127 Å². The van der Waals surface area contributed by atoms with Crippen LogP contribution >= 0.6 is 0 Å². The van der Waals surface area contributed by atoms with E-state index < -0.39 is 22.0 Å². The summed E-state index contributed by atoms with van der Waals surface area (Å²) >= 11 is 0. The lowest BCUT2D eigenvalue weighted by Gasteiger charge is -2.13. The molecular formula is C13H14N4O4S. The van der Waals surface area contributed by atoms with Crippen molar-refractivity contribution in [1.29, 1.82) is 0 Å². The SMILES string of the molecule is CS(=O)(=O)Oc1c(C(=O)N=C(N)N)cccc1-n1cccc1. The third kappa shape index (κ3) is 3.64. The minimum absolute atomic E-state index is 0.0648. The normalized spacial score (nSPS) is 11.0. The zero-order valence-electron chi connectivity index (χ0n) is 11.6. The van der Waals surface area contributed by atoms with Crippen LogP contribution < -0.4 is 15.7 Å². The number of benzene rings is 1. The second-order valence-electron chi connectivity index (χ2n) is 4.37. The fourth-order valence-electron chi connectivity index (χ4n) is 1.81. The first-order chi connectivity index (χ1) is 10.3. The topological polar surface area (TPSA) is 130 Å². The Morgan fingerprint density at radius 3 is 2.36 bits per heavy atom. The fraction of sp³-hybridized carbons (Fsp3) is 0.0769. The van der Waals surface area contributed by atoms with E-state index in [9.17, 15) is 13.2 Å². The van der Waals surface area contributed by atoms with Gasteiger partial charge in [0.1, 0.15) is 0 Å². The van der Waals surface area contributed by atoms with Crippen LogP contribution in [-0.4, -0.2) is 31.1 Å². The van der Waals surface area contributed by atoms with Crippen molar-refractivity contribution in [3.63, 3.8) is 0 Å². The van der Waals surface area contributed by atoms with Crippen LogP contribution in [0.4, 0.5) is 0 Å². The predicted molar refractivity (Wildman–Crippen MR) is 81.4 cm³/mol. The number of carbonyl (C=O) groups is 1. The Balaban J connectivity index is 2.66. The van der Waals surface area contributed by atoms with E-state index >= 15 is 0 Å². The van der Waals surface area contributed by atoms with Crippen LogP contribution in [-0.2, 0) is 10.1 Å². The Morgan fingerprint density at radius 1 is 1.18 bits per heavy atom. The molecule has 2 aromatic rings. The molecule has 9 heteroatoms. The maximum Gasteiger partial charge on any atom is 0.306 e. The highest BCUT2D eigenvalue weighted by atomic mass is 32.2. The number of para-hydroxylation sites is 1. The van der Waals surface area contributed by atoms with Crippen LogP contribution in [0, 0.1) is 0 Å². The maximum absolute atomic E-state index is 12.1. The van der Waals surface area contributed by atoms with Gasteiger partial charge < -0.3 is 20.2 Å². The number of aromatic nitrogens is 1. The molecule has 4 N–H and O–H groups in total. The molecule has 22 heavy (non-hydrogen) atoms. The zero-order valence-corrected chi connectivity index (χ0v) is 12.4. The molecule has 2 rings (SSSR count). The standard InChI is InChI=1S/C13H14N4O4S/c1-22(19,20)21-11-9(12(18)16-13(14)15)5-4-6-10(11)17-7-2-3-8-17/h2-8H,1H3,(H4,14,15,16,18). The molecule has 0 bridgehead atoms. The minimum atomic E-state index is -3.85. The van der Waals surface area contributed by atoms with E-state index in [4.69, 9.17) is 15.7 Å². The van der Waals surface area contributed by atoms with Crippen molar-refractivity contribution < 1.29 is 17.4 Å². The van der Waals surface area contributed by atoms with Gasteiger partial charge in [0.2, 0.25) is 0 Å². The Bertz CT molecular complexity index is 822. The Kier molecular flexibility index (Phi) is 4.18. The largest absolute Gasteiger partial charge is 0.379 e. The first-order valence-corrected chi connectivity index (χ1v) is 7.89. The first-order valence-electron chi connectivity index (χ1n) is 6.08. The van der Waals surface area contributed by atoms with Gasteiger partial charge in [0.15, 0.2) is 11.7 Å². The zero-order chi connectivity index (χ0) is 16.3. The third-order valence-electron chi connectivity index (χ3n) is 2.57. The molecule has 0 fully saturated rings. The lowest BCUT2D eigenvalue weighted by atomic mass is 10.1. The molecule has 1 heterocycles. The van der Waals surface area contributed by atoms with Crippen LogP contribution in [0.25, 0.3) is 5.69 Å². The molecule has 1 aromatic carbocycles. The van der Waals surface area contributed by atoms with Crippen molar-refractivity contribution in [3.8, 4) is 11.4 Å². The van der Waals surface area contributed by atoms with Gasteiger partial charge in [-0.3, -0.25) is 4.79 Å². The molecule has 0 aliphatic heterocycles. The lowest BCUT2D eigenvalue weighted by Crippen LogP contribution is -2.24. The second kappa shape index (κ2) is 5.90. The summed E-state index contributed by atoms with van der Waals surface area (Å²) in [5.41, 5.74) is 10.7. The monoisotopic (exact) mass is 322 g/mol. The summed E-state index contributed by atoms with van der Waals surface area (Å²) in [6.45, 7) is 0. The van der Waals surface area contributed by atoms with Crippen molar-refractivity contribution in [1.82, 2.24) is 4.57 Å². The Hall–Kier alpha value is -2.81. The molecule has 0 saturated heterocycles. The van der Waals surface area contributed by atoms with Crippen molar-refractivity contribution in [2.24, 2.45) is 16.5 Å². The number of rotatable bonds is 4. The van der Waals surface area contributed by atoms with Gasteiger partial charge in [-0.25, -0.2) is 0 Å². The molecule has 1 amide bonds. The highest BCUT2D eigenvalue weighted by Gasteiger charge is 2.20. The number of aliphatic imine (C=N–C) groups is 1. The molecule has 1 aromatic heterocycles. The average Bonchev–Trinajstić information content (AvgIpc) is 2.89. The highest BCUT2D eigenvalue weighted by Crippen LogP contribution is 2.29. The van der Waals surface area contributed by atoms with E-state index in [2.05, 4.69) is 4.99 Å². The summed E-state index contributed by atoms with van der Waals surface area (Å²) in [7, 11) is -3.85. The number of amides is 1. The van der Waals surface area contributed by atoms with Crippen molar-refractivity contribution >= 4 is 22.0 Å². The molecule has 0 unspecified atom stereocenters. The summed E-state index contributed by atoms with van der Waals surface area (Å²) in [4.78, 5) is 15.5. The van der Waals surface area contributed by atoms with Crippen molar-refractivity contribution in [3.05, 3.63) is 48.3 Å². The summed E-state index contributed by atoms with van der Waals surface area (Å²) in [6, 6.07) is 8.04. The molecule has 0 spiro atoms. The van der Waals surface area contributed by atoms with Crippen LogP contribution in [0.3, 0.4) is 0 Å². The van der Waals surface area contributed by atoms with E-state index in [-0.39, 0.29) is 11.3 Å². The summed E-state index contributed by atoms with van der Waals surface area (Å²) in [5, 5.41) is 0. The van der Waals surface area contributed by atoms with Gasteiger partial charge in [-0.2, -0.15) is 13.4 Å². The van der Waals surface area contributed by atoms with Gasteiger partial charge in [0.05, 0.1) is 17.5 Å². The first kappa shape index (κ1) is 15.6. The van der Waals surface area contributed by atoms with Gasteiger partial charge in [-0.15, -0.1) is 0 Å². The predicted octanol–water partition coefficient (Wildman–Crippen LogP) is 0.229. The van der Waals surface area contributed by atoms with E-state index in [1.807, 2.05) is 0 Å². The van der Waals surface area contributed by atoms with Gasteiger partial charge in [0.25, 0.3) is 5.91 Å². The van der Waals surface area contributed by atoms with Crippen molar-refractivity contribution in [2.45, 2.75) is 0 Å². The molecule has 0 aliphatic carbocycles. The number of hydrogen-bond acceptors (Lipinski definition) is 4. The molecule has 0 saturated carbocycles. The van der Waals surface area contributed by atoms with Crippen molar-refractivity contribution in [2.75, 3.05) is 6.26 Å². The van der Waals surface area contributed by atoms with Gasteiger partial charge >= 0.3 is 10.1 Å². The van der Waals surface area contributed by atoms with Crippen LogP contribution in [0.15, 0.2) is 47.7 Å². The fourth-order valence-corrected chi connectivity index (χ4v) is 2.29. The highest BCUT2D eigenvalue weighted by molar-refractivity contribution is 7.86. The molecule has 0 aliphatic rings. The quantitative estimate of drug-likeness (QED) is 0.471. The molecule has 116 valence electrons. The minimum Gasteiger partial charge on any atom is -0.379 e. The smallest absolute Gasteiger partial charge is 0.306 e. The maximum atomic E-state index is 12.1. The van der Waals surface area contributed by atoms with Gasteiger partial charge in [-0.05, 0) is 24.3 Å². The van der Waals surface area contributed by atoms with Crippen LogP contribution in [0.2, 0.25) is 0 Å². The molecule has 0 radical (unpaired) electrons. The van der Waals surface area contributed by atoms with Crippen LogP contribution in [0.1, 0.15) is 10.4 Å². The van der Waals surface area contributed by atoms with E-state index in [1.54, 1.807) is 41.2 Å². The molecule has 0 atom stereocenters. The number of guanidine groups is 1. The van der Waals surface area contributed by atoms with E-state index in [1.165, 1.54) is 6.07 Å². The summed E-state index contributed by atoms with van der Waals surface area (Å²) in [5.74, 6) is -1.37. The van der Waals surface area contributed by atoms with E-state index in [0.29, 0.717) is 5.69 Å². The number of nitrogens with two attached hydrogens (primary N) is 2. The Morgan fingerprint density at radius 2 is 1.82 bits per heavy atom. The number of carbonyl (C=O) groups excluding carboxylic acids is 1. The summed E-state index contributed by atoms with van der Waals surface area (Å²) in [6.07, 6.45) is 4.24. The lowest BCUT2D eigenvalue weighted by molar-refractivity contribution is 0.100. The summed E-state index contributed by atoms with van der Waals surface area (Å²) < 4.78 is 29.6. The van der Waals surface area contributed by atoms with Gasteiger partial charge in [0, 0.05) is 12.4 Å². The molecule has 8 nitrogen and oxygen atoms in total. The average molecular weight is 322 g/mol. The van der Waals surface area contributed by atoms with Gasteiger partial charge in [-0.1, -0.05) is 6.07 Å². The third-order valence-corrected chi connectivity index (χ3v) is 3.04. The van der Waals surface area contributed by atoms with Crippen LogP contribution in [0.5, 0.6) is 5.75 Å². The second-order valence-corrected chi connectivity index (χ2v) is 5.95.